The Morgan fingerprint density at radius 3 is 2.68 bits per heavy atom. The fraction of sp³-hybridized carbons (Fsp3) is 0.150. The maximum absolute atomic E-state index is 13.3. The first-order valence-corrected chi connectivity index (χ1v) is 9.69. The Hall–Kier alpha value is -2.82. The third-order valence-electron chi connectivity index (χ3n) is 4.23. The highest BCUT2D eigenvalue weighted by atomic mass is 35.5. The highest BCUT2D eigenvalue weighted by molar-refractivity contribution is 8.00. The van der Waals surface area contributed by atoms with E-state index in [9.17, 15) is 14.4 Å². The Morgan fingerprint density at radius 2 is 2.04 bits per heavy atom. The zero-order valence-corrected chi connectivity index (χ0v) is 16.7. The lowest BCUT2D eigenvalue weighted by molar-refractivity contribution is -0.113. The molecule has 0 fully saturated rings. The molecule has 2 aromatic heterocycles. The summed E-state index contributed by atoms with van der Waals surface area (Å²) in [5, 5.41) is 13.4. The number of benzene rings is 1. The first kappa shape index (κ1) is 19.9. The molecule has 2 heterocycles. The van der Waals surface area contributed by atoms with Gasteiger partial charge in [-0.2, -0.15) is 5.26 Å². The maximum atomic E-state index is 13.3. The van der Waals surface area contributed by atoms with E-state index in [0.717, 1.165) is 11.3 Å². The number of hydrogen-bond acceptors (Lipinski definition) is 4. The smallest absolute Gasteiger partial charge is 0.235 e. The molecule has 3 rings (SSSR count). The van der Waals surface area contributed by atoms with Crippen molar-refractivity contribution in [2.24, 2.45) is 0 Å². The molecule has 1 aromatic carbocycles. The number of amides is 1. The molecular weight excluding hydrogens is 399 g/mol. The molecule has 0 aliphatic heterocycles. The Bertz CT molecular complexity index is 1070. The van der Waals surface area contributed by atoms with Crippen molar-refractivity contribution in [3.8, 4) is 11.8 Å². The van der Waals surface area contributed by atoms with Gasteiger partial charge in [0.1, 0.15) is 22.7 Å². The molecule has 1 amide bonds. The lowest BCUT2D eigenvalue weighted by atomic mass is 10.2. The van der Waals surface area contributed by atoms with Crippen LogP contribution >= 0.6 is 23.4 Å². The van der Waals surface area contributed by atoms with Crippen molar-refractivity contribution in [2.45, 2.75) is 18.9 Å². The van der Waals surface area contributed by atoms with E-state index in [4.69, 9.17) is 11.6 Å². The maximum Gasteiger partial charge on any atom is 0.235 e. The molecule has 1 N–H and O–H groups in total. The minimum atomic E-state index is -0.361. The second-order valence-corrected chi connectivity index (χ2v) is 7.36. The number of pyridine rings is 1. The van der Waals surface area contributed by atoms with Gasteiger partial charge < -0.3 is 5.32 Å². The largest absolute Gasteiger partial charge is 0.310 e. The van der Waals surface area contributed by atoms with Crippen LogP contribution in [0.1, 0.15) is 16.8 Å². The van der Waals surface area contributed by atoms with Gasteiger partial charge in [-0.05, 0) is 55.8 Å². The number of nitrogens with one attached hydrogen (secondary N) is 1. The van der Waals surface area contributed by atoms with Crippen molar-refractivity contribution in [1.82, 2.24) is 9.55 Å². The topological polar surface area (TPSA) is 70.7 Å². The number of thioether (sulfide) groups is 1. The predicted molar refractivity (Wildman–Crippen MR) is 109 cm³/mol. The van der Waals surface area contributed by atoms with E-state index in [-0.39, 0.29) is 17.5 Å². The molecule has 0 aliphatic carbocycles. The summed E-state index contributed by atoms with van der Waals surface area (Å²) >= 11 is 7.27. The number of nitriles is 1. The van der Waals surface area contributed by atoms with Crippen LogP contribution < -0.4 is 5.32 Å². The van der Waals surface area contributed by atoms with Crippen LogP contribution in [0.3, 0.4) is 0 Å². The summed E-state index contributed by atoms with van der Waals surface area (Å²) in [6.07, 6.45) is 1.60. The molecule has 0 saturated carbocycles. The zero-order valence-electron chi connectivity index (χ0n) is 15.2. The van der Waals surface area contributed by atoms with Crippen LogP contribution in [0.25, 0.3) is 5.69 Å². The van der Waals surface area contributed by atoms with Crippen LogP contribution in [0.5, 0.6) is 0 Å². The number of hydrogen-bond donors (Lipinski definition) is 1. The van der Waals surface area contributed by atoms with Gasteiger partial charge >= 0.3 is 0 Å². The standard InChI is InChI=1S/C20H16ClFN4OS/c1-12-13(2)26(15-7-5-14(22)6-8-15)19(16(12)10-23)25-18(27)11-28-20-17(21)4-3-9-24-20/h3-9H,11H2,1-2H3,(H,25,27). The molecule has 8 heteroatoms. The van der Waals surface area contributed by atoms with Gasteiger partial charge in [0, 0.05) is 17.6 Å². The van der Waals surface area contributed by atoms with Crippen LogP contribution in [0.2, 0.25) is 5.02 Å². The minimum absolute atomic E-state index is 0.0777. The SMILES string of the molecule is Cc1c(C#N)c(NC(=O)CSc2ncccc2Cl)n(-c2ccc(F)cc2)c1C. The molecule has 142 valence electrons. The number of halogens is 2. The number of carbonyl (C=O) groups excluding carboxylic acids is 1. The number of anilines is 1. The van der Waals surface area contributed by atoms with E-state index in [1.165, 1.54) is 23.9 Å². The summed E-state index contributed by atoms with van der Waals surface area (Å²) in [5.74, 6) is -0.222. The van der Waals surface area contributed by atoms with Gasteiger partial charge in [-0.25, -0.2) is 9.37 Å². The zero-order chi connectivity index (χ0) is 20.3. The predicted octanol–water partition coefficient (Wildman–Crippen LogP) is 4.88. The molecular formula is C20H16ClFN4OS. The van der Waals surface area contributed by atoms with E-state index >= 15 is 0 Å². The normalized spacial score (nSPS) is 10.5. The van der Waals surface area contributed by atoms with Gasteiger partial charge in [0.25, 0.3) is 0 Å². The van der Waals surface area contributed by atoms with Crippen molar-refractivity contribution in [3.63, 3.8) is 0 Å². The molecule has 0 bridgehead atoms. The molecule has 0 aliphatic rings. The average Bonchev–Trinajstić information content (AvgIpc) is 2.91. The van der Waals surface area contributed by atoms with Crippen LogP contribution in [-0.2, 0) is 4.79 Å². The quantitative estimate of drug-likeness (QED) is 0.604. The summed E-state index contributed by atoms with van der Waals surface area (Å²) < 4.78 is 15.0. The van der Waals surface area contributed by atoms with Crippen molar-refractivity contribution in [1.29, 1.82) is 5.26 Å². The molecule has 0 spiro atoms. The van der Waals surface area contributed by atoms with Crippen molar-refractivity contribution in [3.05, 3.63) is 70.3 Å². The second-order valence-electron chi connectivity index (χ2n) is 5.98. The first-order valence-electron chi connectivity index (χ1n) is 8.33. The molecule has 0 saturated heterocycles. The first-order chi connectivity index (χ1) is 13.4. The number of carbonyl (C=O) groups is 1. The van der Waals surface area contributed by atoms with E-state index in [1.54, 1.807) is 35.0 Å². The third kappa shape index (κ3) is 4.03. The molecule has 5 nitrogen and oxygen atoms in total. The third-order valence-corrected chi connectivity index (χ3v) is 5.66. The number of aromatic nitrogens is 2. The van der Waals surface area contributed by atoms with Gasteiger partial charge in [0.15, 0.2) is 0 Å². The molecule has 28 heavy (non-hydrogen) atoms. The molecule has 3 aromatic rings. The molecule has 0 atom stereocenters. The summed E-state index contributed by atoms with van der Waals surface area (Å²) in [5.41, 5.74) is 2.57. The Balaban J connectivity index is 1.89. The van der Waals surface area contributed by atoms with Gasteiger partial charge in [0.2, 0.25) is 5.91 Å². The van der Waals surface area contributed by atoms with Crippen molar-refractivity contribution < 1.29 is 9.18 Å². The van der Waals surface area contributed by atoms with Gasteiger partial charge in [0.05, 0.1) is 16.3 Å². The van der Waals surface area contributed by atoms with Crippen molar-refractivity contribution >= 4 is 35.1 Å². The highest BCUT2D eigenvalue weighted by Gasteiger charge is 2.21. The van der Waals surface area contributed by atoms with Crippen LogP contribution in [0.4, 0.5) is 10.2 Å². The molecule has 0 unspecified atom stereocenters. The van der Waals surface area contributed by atoms with Crippen molar-refractivity contribution in [2.75, 3.05) is 11.1 Å². The summed E-state index contributed by atoms with van der Waals surface area (Å²) in [6, 6.07) is 11.4. The van der Waals surface area contributed by atoms with Crippen LogP contribution in [-0.4, -0.2) is 21.2 Å². The summed E-state index contributed by atoms with van der Waals surface area (Å²) in [4.78, 5) is 16.7. The summed E-state index contributed by atoms with van der Waals surface area (Å²) in [7, 11) is 0. The Labute approximate surface area is 171 Å². The molecule has 0 radical (unpaired) electrons. The van der Waals surface area contributed by atoms with Gasteiger partial charge in [-0.3, -0.25) is 9.36 Å². The number of rotatable bonds is 5. The monoisotopic (exact) mass is 414 g/mol. The van der Waals surface area contributed by atoms with Crippen LogP contribution in [0.15, 0.2) is 47.6 Å². The van der Waals surface area contributed by atoms with E-state index < -0.39 is 0 Å². The van der Waals surface area contributed by atoms with E-state index in [2.05, 4.69) is 16.4 Å². The minimum Gasteiger partial charge on any atom is -0.310 e. The fourth-order valence-corrected chi connectivity index (χ4v) is 3.72. The fourth-order valence-electron chi connectivity index (χ4n) is 2.75. The van der Waals surface area contributed by atoms with Gasteiger partial charge in [-0.15, -0.1) is 0 Å². The van der Waals surface area contributed by atoms with E-state index in [1.807, 2.05) is 13.8 Å². The lowest BCUT2D eigenvalue weighted by Crippen LogP contribution is -2.17. The Kier molecular flexibility index (Phi) is 6.02. The van der Waals surface area contributed by atoms with Gasteiger partial charge in [-0.1, -0.05) is 23.4 Å². The van der Waals surface area contributed by atoms with E-state index in [0.29, 0.717) is 27.1 Å². The summed E-state index contributed by atoms with van der Waals surface area (Å²) in [6.45, 7) is 3.66. The number of nitrogens with zero attached hydrogens (tertiary/aromatic N) is 3. The second kappa shape index (κ2) is 8.46. The van der Waals surface area contributed by atoms with Crippen LogP contribution in [0, 0.1) is 31.0 Å². The average molecular weight is 415 g/mol. The Morgan fingerprint density at radius 1 is 1.32 bits per heavy atom. The highest BCUT2D eigenvalue weighted by Crippen LogP contribution is 2.31. The lowest BCUT2D eigenvalue weighted by Gasteiger charge is -2.13.